The Labute approximate surface area is 247 Å². The molecule has 0 saturated carbocycles. The van der Waals surface area contributed by atoms with Crippen LogP contribution in [0.3, 0.4) is 0 Å². The Bertz CT molecular complexity index is 1270. The van der Waals surface area contributed by atoms with Crippen molar-refractivity contribution >= 4 is 23.6 Å². The first-order valence-corrected chi connectivity index (χ1v) is 14.8. The van der Waals surface area contributed by atoms with Crippen LogP contribution in [0.15, 0.2) is 48.5 Å². The smallest absolute Gasteiger partial charge is 0.255 e. The number of benzene rings is 2. The zero-order valence-corrected chi connectivity index (χ0v) is 24.7. The third-order valence-electron chi connectivity index (χ3n) is 7.90. The quantitative estimate of drug-likeness (QED) is 0.434. The molecule has 1 fully saturated rings. The van der Waals surface area contributed by atoms with Crippen LogP contribution in [0.2, 0.25) is 0 Å². The van der Waals surface area contributed by atoms with E-state index in [4.69, 9.17) is 9.47 Å². The van der Waals surface area contributed by atoms with Gasteiger partial charge < -0.3 is 30.3 Å². The Balaban J connectivity index is 1.50. The minimum atomic E-state index is -0.935. The van der Waals surface area contributed by atoms with Crippen molar-refractivity contribution in [2.45, 2.75) is 70.5 Å². The number of carbonyl (C=O) groups is 4. The molecule has 4 rings (SSSR count). The van der Waals surface area contributed by atoms with Crippen molar-refractivity contribution in [2.24, 2.45) is 5.92 Å². The molecular weight excluding hydrogens is 536 g/mol. The van der Waals surface area contributed by atoms with E-state index in [9.17, 15) is 19.2 Å². The number of rotatable bonds is 7. The van der Waals surface area contributed by atoms with E-state index >= 15 is 0 Å². The van der Waals surface area contributed by atoms with Crippen molar-refractivity contribution in [1.29, 1.82) is 0 Å². The Morgan fingerprint density at radius 1 is 1.10 bits per heavy atom. The van der Waals surface area contributed by atoms with Crippen LogP contribution in [0.4, 0.5) is 0 Å². The SMILES string of the molecule is COc1cccc(CCCNC(=O)[C@@H]2CCC(=O)N3CCC[C@@H]3C(=O)N[C@@H](C(C)C)COc3ccccc3C(=O)N2)c1. The van der Waals surface area contributed by atoms with Crippen molar-refractivity contribution < 1.29 is 28.7 Å². The lowest BCUT2D eigenvalue weighted by molar-refractivity contribution is -0.139. The summed E-state index contributed by atoms with van der Waals surface area (Å²) in [5, 5.41) is 8.82. The zero-order chi connectivity index (χ0) is 30.1. The van der Waals surface area contributed by atoms with Gasteiger partial charge >= 0.3 is 0 Å². The van der Waals surface area contributed by atoms with Gasteiger partial charge in [0, 0.05) is 19.5 Å². The molecule has 2 aromatic carbocycles. The van der Waals surface area contributed by atoms with Crippen molar-refractivity contribution in [3.63, 3.8) is 0 Å². The summed E-state index contributed by atoms with van der Waals surface area (Å²) in [6, 6.07) is 12.8. The molecule has 0 spiro atoms. The Morgan fingerprint density at radius 2 is 1.90 bits per heavy atom. The maximum atomic E-state index is 13.4. The summed E-state index contributed by atoms with van der Waals surface area (Å²) in [4.78, 5) is 54.9. The Kier molecular flexibility index (Phi) is 10.8. The molecule has 0 unspecified atom stereocenters. The fraction of sp³-hybridized carbons (Fsp3) is 0.500. The lowest BCUT2D eigenvalue weighted by atomic mass is 10.0. The number of nitrogens with zero attached hydrogens (tertiary/aromatic N) is 1. The average molecular weight is 579 g/mol. The summed E-state index contributed by atoms with van der Waals surface area (Å²) in [5.74, 6) is -0.0278. The number of carbonyl (C=O) groups excluding carboxylic acids is 4. The van der Waals surface area contributed by atoms with Crippen LogP contribution >= 0.6 is 0 Å². The lowest BCUT2D eigenvalue weighted by Crippen LogP contribution is -2.52. The molecular formula is C32H42N4O6. The standard InChI is InChI=1S/C32H42N4O6/c1-21(2)26-20-42-28-14-5-4-12-24(28)30(38)34-25(15-16-29(37)36-18-8-13-27(36)32(40)35-26)31(39)33-17-7-10-22-9-6-11-23(19-22)41-3/h4-6,9,11-12,14,19,21,25-27H,7-8,10,13,15-18,20H2,1-3H3,(H,33,39)(H,34,38)(H,35,40)/t25-,26+,27+/m0/s1. The van der Waals surface area contributed by atoms with Crippen LogP contribution in [0.5, 0.6) is 11.5 Å². The number of amides is 4. The van der Waals surface area contributed by atoms with Gasteiger partial charge in [-0.2, -0.15) is 0 Å². The van der Waals surface area contributed by atoms with Crippen LogP contribution in [-0.4, -0.2) is 73.5 Å². The van der Waals surface area contributed by atoms with Gasteiger partial charge in [0.2, 0.25) is 17.7 Å². The number of ether oxygens (including phenoxy) is 2. The maximum absolute atomic E-state index is 13.4. The fourth-order valence-electron chi connectivity index (χ4n) is 5.35. The van der Waals surface area contributed by atoms with Gasteiger partial charge in [-0.1, -0.05) is 38.1 Å². The highest BCUT2D eigenvalue weighted by atomic mass is 16.5. The predicted molar refractivity (Wildman–Crippen MR) is 158 cm³/mol. The molecule has 10 nitrogen and oxygen atoms in total. The van der Waals surface area contributed by atoms with Gasteiger partial charge in [-0.05, 0) is 67.9 Å². The van der Waals surface area contributed by atoms with E-state index in [1.807, 2.05) is 38.1 Å². The predicted octanol–water partition coefficient (Wildman–Crippen LogP) is 2.85. The number of aryl methyl sites for hydroxylation is 1. The number of hydrogen-bond donors (Lipinski definition) is 3. The monoisotopic (exact) mass is 578 g/mol. The van der Waals surface area contributed by atoms with Gasteiger partial charge in [0.05, 0.1) is 18.7 Å². The maximum Gasteiger partial charge on any atom is 0.255 e. The normalized spacial score (nSPS) is 21.7. The average Bonchev–Trinajstić information content (AvgIpc) is 3.49. The molecule has 1 saturated heterocycles. The molecule has 0 bridgehead atoms. The number of nitrogens with one attached hydrogen (secondary N) is 3. The van der Waals surface area contributed by atoms with Crippen LogP contribution in [0.1, 0.15) is 61.9 Å². The molecule has 3 N–H and O–H groups in total. The first-order valence-electron chi connectivity index (χ1n) is 14.8. The van der Waals surface area contributed by atoms with E-state index in [-0.39, 0.29) is 54.7 Å². The van der Waals surface area contributed by atoms with Gasteiger partial charge in [0.15, 0.2) is 0 Å². The fourth-order valence-corrected chi connectivity index (χ4v) is 5.35. The van der Waals surface area contributed by atoms with Crippen molar-refractivity contribution in [2.75, 3.05) is 26.8 Å². The zero-order valence-electron chi connectivity index (χ0n) is 24.7. The summed E-state index contributed by atoms with van der Waals surface area (Å²) in [5.41, 5.74) is 1.38. The van der Waals surface area contributed by atoms with Crippen LogP contribution in [0, 0.1) is 5.92 Å². The molecule has 0 aliphatic carbocycles. The van der Waals surface area contributed by atoms with Gasteiger partial charge in [0.25, 0.3) is 5.91 Å². The second kappa shape index (κ2) is 14.7. The van der Waals surface area contributed by atoms with Crippen molar-refractivity contribution in [3.8, 4) is 11.5 Å². The van der Waals surface area contributed by atoms with Gasteiger partial charge in [-0.25, -0.2) is 0 Å². The summed E-state index contributed by atoms with van der Waals surface area (Å²) < 4.78 is 11.3. The molecule has 0 radical (unpaired) electrons. The first kappa shape index (κ1) is 30.9. The van der Waals surface area contributed by atoms with Gasteiger partial charge in [-0.3, -0.25) is 19.2 Å². The topological polar surface area (TPSA) is 126 Å². The number of para-hydroxylation sites is 1. The molecule has 2 aliphatic heterocycles. The largest absolute Gasteiger partial charge is 0.497 e. The molecule has 42 heavy (non-hydrogen) atoms. The molecule has 2 heterocycles. The second-order valence-electron chi connectivity index (χ2n) is 11.2. The summed E-state index contributed by atoms with van der Waals surface area (Å²) in [7, 11) is 1.62. The minimum Gasteiger partial charge on any atom is -0.497 e. The molecule has 4 amide bonds. The van der Waals surface area contributed by atoms with E-state index in [0.29, 0.717) is 31.7 Å². The summed E-state index contributed by atoms with van der Waals surface area (Å²) in [6.45, 7) is 5.02. The Morgan fingerprint density at radius 3 is 2.69 bits per heavy atom. The highest BCUT2D eigenvalue weighted by Gasteiger charge is 2.36. The van der Waals surface area contributed by atoms with Crippen LogP contribution in [0.25, 0.3) is 0 Å². The molecule has 2 aliphatic rings. The number of fused-ring (bicyclic) bond motifs is 2. The van der Waals surface area contributed by atoms with E-state index in [0.717, 1.165) is 24.2 Å². The van der Waals surface area contributed by atoms with E-state index in [2.05, 4.69) is 16.0 Å². The Hall–Kier alpha value is -4.08. The van der Waals surface area contributed by atoms with E-state index < -0.39 is 18.0 Å². The molecule has 0 aromatic heterocycles. The third-order valence-corrected chi connectivity index (χ3v) is 7.90. The van der Waals surface area contributed by atoms with Crippen LogP contribution < -0.4 is 25.4 Å². The molecule has 226 valence electrons. The van der Waals surface area contributed by atoms with Crippen molar-refractivity contribution in [3.05, 3.63) is 59.7 Å². The van der Waals surface area contributed by atoms with Gasteiger partial charge in [-0.15, -0.1) is 0 Å². The van der Waals surface area contributed by atoms with Gasteiger partial charge in [0.1, 0.15) is 30.2 Å². The highest BCUT2D eigenvalue weighted by molar-refractivity contribution is 5.99. The lowest BCUT2D eigenvalue weighted by Gasteiger charge is -2.28. The summed E-state index contributed by atoms with van der Waals surface area (Å²) >= 11 is 0. The van der Waals surface area contributed by atoms with E-state index in [1.165, 1.54) is 0 Å². The molecule has 2 aromatic rings. The number of methoxy groups -OCH3 is 1. The molecule has 3 atom stereocenters. The second-order valence-corrected chi connectivity index (χ2v) is 11.2. The van der Waals surface area contributed by atoms with Crippen LogP contribution in [-0.2, 0) is 20.8 Å². The van der Waals surface area contributed by atoms with Crippen molar-refractivity contribution in [1.82, 2.24) is 20.9 Å². The van der Waals surface area contributed by atoms with E-state index in [1.54, 1.807) is 36.3 Å². The minimum absolute atomic E-state index is 0.0255. The molecule has 10 heteroatoms. The highest BCUT2D eigenvalue weighted by Crippen LogP contribution is 2.23. The third kappa shape index (κ3) is 8.02. The number of hydrogen-bond acceptors (Lipinski definition) is 6. The summed E-state index contributed by atoms with van der Waals surface area (Å²) in [6.07, 6.45) is 2.88. The first-order chi connectivity index (χ1) is 20.3.